The lowest BCUT2D eigenvalue weighted by atomic mass is 10.5. The molecule has 0 aliphatic rings. The highest BCUT2D eigenvalue weighted by Gasteiger charge is 2.01. The fourth-order valence-electron chi connectivity index (χ4n) is 0.558. The third kappa shape index (κ3) is 3.47. The molecule has 0 aromatic carbocycles. The monoisotopic (exact) mass is 201 g/mol. The Morgan fingerprint density at radius 3 is 3.00 bits per heavy atom. The molecule has 2 nitrogen and oxygen atoms in total. The second kappa shape index (κ2) is 5.45. The van der Waals surface area contributed by atoms with Crippen LogP contribution in [-0.2, 0) is 0 Å². The van der Waals surface area contributed by atoms with Gasteiger partial charge in [-0.05, 0) is 22.9 Å². The van der Waals surface area contributed by atoms with Crippen LogP contribution < -0.4 is 0 Å². The second-order valence-corrected chi connectivity index (χ2v) is 5.00. The van der Waals surface area contributed by atoms with Gasteiger partial charge in [0.15, 0.2) is 0 Å². The average Bonchev–Trinajstić information content (AvgIpc) is 2.16. The molecule has 4 heteroatoms. The summed E-state index contributed by atoms with van der Waals surface area (Å²) in [6.45, 7) is 2.20. The molecular weight excluding hydrogens is 190 g/mol. The molecule has 0 unspecified atom stereocenters. The van der Waals surface area contributed by atoms with Crippen molar-refractivity contribution in [2.24, 2.45) is 0 Å². The van der Waals surface area contributed by atoms with Crippen LogP contribution in [0.5, 0.6) is 0 Å². The van der Waals surface area contributed by atoms with Gasteiger partial charge >= 0.3 is 0 Å². The van der Waals surface area contributed by atoms with E-state index in [4.69, 9.17) is 5.11 Å². The van der Waals surface area contributed by atoms with Gasteiger partial charge in [0.25, 0.3) is 0 Å². The van der Waals surface area contributed by atoms with Crippen molar-refractivity contribution in [3.8, 4) is 0 Å². The first-order valence-corrected chi connectivity index (χ1v) is 5.89. The lowest BCUT2D eigenvalue weighted by Crippen LogP contribution is -1.99. The Hall–Kier alpha value is -0.190. The number of nitrogens with zero attached hydrogens (tertiary/aromatic N) is 1. The molecule has 12 heavy (non-hydrogen) atoms. The molecule has 0 fully saturated rings. The highest BCUT2D eigenvalue weighted by molar-refractivity contribution is 8.76. The molecule has 0 bridgehead atoms. The van der Waals surface area contributed by atoms with Crippen molar-refractivity contribution in [1.82, 2.24) is 4.98 Å². The number of aliphatic hydroxyl groups excluding tert-OH is 1. The summed E-state index contributed by atoms with van der Waals surface area (Å²) in [6, 6.07) is 5.81. The molecule has 0 aliphatic heterocycles. The van der Waals surface area contributed by atoms with Gasteiger partial charge in [0.2, 0.25) is 0 Å². The molecule has 0 aliphatic carbocycles. The average molecular weight is 201 g/mol. The van der Waals surface area contributed by atoms with E-state index in [0.29, 0.717) is 0 Å². The summed E-state index contributed by atoms with van der Waals surface area (Å²) in [4.78, 5) is 4.15. The van der Waals surface area contributed by atoms with Crippen LogP contribution in [0.2, 0.25) is 0 Å². The van der Waals surface area contributed by atoms with Crippen LogP contribution in [0.4, 0.5) is 0 Å². The molecule has 1 heterocycles. The van der Waals surface area contributed by atoms with E-state index >= 15 is 0 Å². The van der Waals surface area contributed by atoms with Crippen molar-refractivity contribution in [1.29, 1.82) is 0 Å². The number of aromatic nitrogens is 1. The predicted molar refractivity (Wildman–Crippen MR) is 54.2 cm³/mol. The van der Waals surface area contributed by atoms with Crippen molar-refractivity contribution in [2.75, 3.05) is 6.61 Å². The lowest BCUT2D eigenvalue weighted by molar-refractivity contribution is 0.300. The first-order valence-electron chi connectivity index (χ1n) is 3.68. The number of hydrogen-bond acceptors (Lipinski definition) is 4. The number of pyridine rings is 1. The lowest BCUT2D eigenvalue weighted by Gasteiger charge is -2.04. The summed E-state index contributed by atoms with van der Waals surface area (Å²) in [5.74, 6) is 0. The summed E-state index contributed by atoms with van der Waals surface area (Å²) in [7, 11) is 3.23. The zero-order valence-corrected chi connectivity index (χ0v) is 8.44. The van der Waals surface area contributed by atoms with Gasteiger partial charge in [-0.15, -0.1) is 0 Å². The van der Waals surface area contributed by atoms with Gasteiger partial charge in [-0.25, -0.2) is 4.98 Å². The Bertz CT molecular complexity index is 218. The van der Waals surface area contributed by atoms with Gasteiger partial charge in [0.05, 0.1) is 6.61 Å². The molecule has 1 rings (SSSR count). The molecule has 0 saturated heterocycles. The SMILES string of the molecule is C[C@@H](CO)SSc1ccccn1. The first-order chi connectivity index (χ1) is 5.83. The molecule has 0 amide bonds. The van der Waals surface area contributed by atoms with E-state index in [1.165, 1.54) is 0 Å². The number of rotatable bonds is 4. The summed E-state index contributed by atoms with van der Waals surface area (Å²) < 4.78 is 0. The van der Waals surface area contributed by atoms with Gasteiger partial charge in [0, 0.05) is 11.4 Å². The Labute approximate surface area is 80.2 Å². The van der Waals surface area contributed by atoms with Gasteiger partial charge in [-0.2, -0.15) is 0 Å². The molecular formula is C8H11NOS2. The van der Waals surface area contributed by atoms with Gasteiger partial charge in [-0.3, -0.25) is 0 Å². The quantitative estimate of drug-likeness (QED) is 0.757. The summed E-state index contributed by atoms with van der Waals surface area (Å²) in [5.41, 5.74) is 0. The van der Waals surface area contributed by atoms with E-state index in [0.717, 1.165) is 5.03 Å². The van der Waals surface area contributed by atoms with Crippen molar-refractivity contribution in [3.05, 3.63) is 24.4 Å². The zero-order chi connectivity index (χ0) is 8.81. The van der Waals surface area contributed by atoms with Crippen LogP contribution >= 0.6 is 21.6 Å². The Morgan fingerprint density at radius 1 is 1.58 bits per heavy atom. The molecule has 66 valence electrons. The predicted octanol–water partition coefficient (Wildman–Crippen LogP) is 2.20. The smallest absolute Gasteiger partial charge is 0.106 e. The zero-order valence-electron chi connectivity index (χ0n) is 6.80. The maximum atomic E-state index is 8.76. The molecule has 0 spiro atoms. The van der Waals surface area contributed by atoms with E-state index in [2.05, 4.69) is 4.98 Å². The van der Waals surface area contributed by atoms with E-state index < -0.39 is 0 Å². The Morgan fingerprint density at radius 2 is 2.42 bits per heavy atom. The van der Waals surface area contributed by atoms with Crippen LogP contribution in [0.1, 0.15) is 6.92 Å². The summed E-state index contributed by atoms with van der Waals surface area (Å²) in [5, 5.41) is 10.0. The third-order valence-electron chi connectivity index (χ3n) is 1.19. The highest BCUT2D eigenvalue weighted by atomic mass is 33.1. The van der Waals surface area contributed by atoms with E-state index in [9.17, 15) is 0 Å². The maximum absolute atomic E-state index is 8.76. The largest absolute Gasteiger partial charge is 0.395 e. The fraction of sp³-hybridized carbons (Fsp3) is 0.375. The van der Waals surface area contributed by atoms with E-state index in [1.807, 2.05) is 25.1 Å². The second-order valence-electron chi connectivity index (χ2n) is 2.34. The fourth-order valence-corrected chi connectivity index (χ4v) is 2.39. The van der Waals surface area contributed by atoms with Crippen LogP contribution in [0.25, 0.3) is 0 Å². The van der Waals surface area contributed by atoms with Gasteiger partial charge < -0.3 is 5.11 Å². The Kier molecular flexibility index (Phi) is 4.50. The molecule has 0 saturated carbocycles. The van der Waals surface area contributed by atoms with E-state index in [-0.39, 0.29) is 11.9 Å². The van der Waals surface area contributed by atoms with E-state index in [1.54, 1.807) is 27.8 Å². The minimum Gasteiger partial charge on any atom is -0.395 e. The van der Waals surface area contributed by atoms with Crippen LogP contribution in [0.3, 0.4) is 0 Å². The molecule has 1 aromatic rings. The molecule has 0 radical (unpaired) electrons. The van der Waals surface area contributed by atoms with Gasteiger partial charge in [0.1, 0.15) is 5.03 Å². The van der Waals surface area contributed by atoms with Crippen LogP contribution in [-0.4, -0.2) is 21.9 Å². The van der Waals surface area contributed by atoms with Gasteiger partial charge in [-0.1, -0.05) is 23.8 Å². The topological polar surface area (TPSA) is 33.1 Å². The summed E-state index contributed by atoms with van der Waals surface area (Å²) >= 11 is 0. The number of hydrogen-bond donors (Lipinski definition) is 1. The molecule has 1 N–H and O–H groups in total. The Balaban J connectivity index is 2.33. The first kappa shape index (κ1) is 9.89. The van der Waals surface area contributed by atoms with Crippen LogP contribution in [0, 0.1) is 0 Å². The number of aliphatic hydroxyl groups is 1. The van der Waals surface area contributed by atoms with Crippen molar-refractivity contribution in [2.45, 2.75) is 17.2 Å². The third-order valence-corrected chi connectivity index (χ3v) is 3.97. The molecule has 1 atom stereocenters. The van der Waals surface area contributed by atoms with Crippen LogP contribution in [0.15, 0.2) is 29.4 Å². The summed E-state index contributed by atoms with van der Waals surface area (Å²) in [6.07, 6.45) is 1.77. The molecule has 1 aromatic heterocycles. The van der Waals surface area contributed by atoms with Crippen molar-refractivity contribution < 1.29 is 5.11 Å². The minimum atomic E-state index is 0.213. The minimum absolute atomic E-state index is 0.213. The standard InChI is InChI=1S/C8H11NOS2/c1-7(6-10)11-12-8-4-2-3-5-9-8/h2-5,7,10H,6H2,1H3/t7-/m0/s1. The maximum Gasteiger partial charge on any atom is 0.106 e. The van der Waals surface area contributed by atoms with Crippen molar-refractivity contribution >= 4 is 21.6 Å². The van der Waals surface area contributed by atoms with Crippen molar-refractivity contribution in [3.63, 3.8) is 0 Å². The normalized spacial score (nSPS) is 12.8. The highest BCUT2D eigenvalue weighted by Crippen LogP contribution is 2.32.